The van der Waals surface area contributed by atoms with Gasteiger partial charge in [-0.25, -0.2) is 4.98 Å². The minimum atomic E-state index is -0.555. The standard InChI is InChI=1S/C23H14Cl3N3O3/c1-12-21(23(30)28-20-9-7-14(29(31)32)11-18(20)26)16-4-2-3-5-19(16)27-22(12)15-8-6-13(24)10-17(15)25/h2-11H,1H3,(H,28,30). The van der Waals surface area contributed by atoms with E-state index in [1.807, 2.05) is 12.1 Å². The Morgan fingerprint density at radius 2 is 1.75 bits per heavy atom. The molecule has 0 saturated heterocycles. The number of nitro groups is 1. The zero-order valence-electron chi connectivity index (χ0n) is 16.5. The second-order valence-electron chi connectivity index (χ2n) is 6.98. The second kappa shape index (κ2) is 8.74. The Kier molecular flexibility index (Phi) is 6.02. The van der Waals surface area contributed by atoms with Crippen molar-refractivity contribution in [3.8, 4) is 11.3 Å². The fourth-order valence-electron chi connectivity index (χ4n) is 3.45. The first kappa shape index (κ1) is 22.0. The maximum atomic E-state index is 13.4. The van der Waals surface area contributed by atoms with Crippen molar-refractivity contribution in [1.29, 1.82) is 0 Å². The molecule has 0 aliphatic carbocycles. The van der Waals surface area contributed by atoms with Gasteiger partial charge in [0, 0.05) is 28.1 Å². The van der Waals surface area contributed by atoms with E-state index in [-0.39, 0.29) is 16.4 Å². The second-order valence-corrected chi connectivity index (χ2v) is 8.23. The average molecular weight is 487 g/mol. The van der Waals surface area contributed by atoms with Crippen LogP contribution in [0.3, 0.4) is 0 Å². The van der Waals surface area contributed by atoms with Crippen molar-refractivity contribution in [3.63, 3.8) is 0 Å². The van der Waals surface area contributed by atoms with Crippen LogP contribution in [0.25, 0.3) is 22.2 Å². The van der Waals surface area contributed by atoms with Gasteiger partial charge in [-0.05, 0) is 42.8 Å². The Morgan fingerprint density at radius 1 is 1.00 bits per heavy atom. The number of para-hydroxylation sites is 1. The predicted octanol–water partition coefficient (Wildman–Crippen LogP) is 7.33. The number of nitrogens with zero attached hydrogens (tertiary/aromatic N) is 2. The zero-order chi connectivity index (χ0) is 23.0. The Hall–Kier alpha value is -3.19. The van der Waals surface area contributed by atoms with Crippen LogP contribution in [0.4, 0.5) is 11.4 Å². The molecule has 0 fully saturated rings. The molecular weight excluding hydrogens is 473 g/mol. The molecule has 0 saturated carbocycles. The van der Waals surface area contributed by atoms with E-state index in [9.17, 15) is 14.9 Å². The molecule has 0 bridgehead atoms. The van der Waals surface area contributed by atoms with Gasteiger partial charge in [0.05, 0.1) is 37.4 Å². The summed E-state index contributed by atoms with van der Waals surface area (Å²) in [6.45, 7) is 1.78. The summed E-state index contributed by atoms with van der Waals surface area (Å²) in [6.07, 6.45) is 0. The molecule has 0 radical (unpaired) electrons. The summed E-state index contributed by atoms with van der Waals surface area (Å²) < 4.78 is 0. The first-order valence-electron chi connectivity index (χ1n) is 9.36. The summed E-state index contributed by atoms with van der Waals surface area (Å²) in [7, 11) is 0. The number of benzene rings is 3. The number of aromatic nitrogens is 1. The first-order valence-corrected chi connectivity index (χ1v) is 10.5. The number of amides is 1. The van der Waals surface area contributed by atoms with Crippen LogP contribution in [0.5, 0.6) is 0 Å². The van der Waals surface area contributed by atoms with Crippen molar-refractivity contribution in [3.05, 3.63) is 97.0 Å². The number of nitro benzene ring substituents is 1. The molecule has 0 unspecified atom stereocenters. The van der Waals surface area contributed by atoms with E-state index in [2.05, 4.69) is 5.32 Å². The van der Waals surface area contributed by atoms with Gasteiger partial charge in [-0.15, -0.1) is 0 Å². The van der Waals surface area contributed by atoms with Gasteiger partial charge in [-0.3, -0.25) is 14.9 Å². The van der Waals surface area contributed by atoms with Crippen LogP contribution < -0.4 is 5.32 Å². The zero-order valence-corrected chi connectivity index (χ0v) is 18.8. The highest BCUT2D eigenvalue weighted by Crippen LogP contribution is 2.35. The molecule has 0 atom stereocenters. The molecule has 1 heterocycles. The van der Waals surface area contributed by atoms with Crippen molar-refractivity contribution in [2.75, 3.05) is 5.32 Å². The van der Waals surface area contributed by atoms with Gasteiger partial charge < -0.3 is 5.32 Å². The number of anilines is 1. The molecule has 1 aromatic heterocycles. The molecule has 0 aliphatic heterocycles. The molecule has 9 heteroatoms. The minimum absolute atomic E-state index is 0.0598. The van der Waals surface area contributed by atoms with Crippen LogP contribution in [0, 0.1) is 17.0 Å². The number of halogens is 3. The summed E-state index contributed by atoms with van der Waals surface area (Å²) in [5.41, 5.74) is 2.90. The third-order valence-corrected chi connectivity index (χ3v) is 5.82. The molecule has 4 aromatic rings. The lowest BCUT2D eigenvalue weighted by Crippen LogP contribution is -2.15. The summed E-state index contributed by atoms with van der Waals surface area (Å²) in [5.74, 6) is -0.428. The number of carbonyl (C=O) groups is 1. The van der Waals surface area contributed by atoms with Crippen LogP contribution in [-0.2, 0) is 0 Å². The normalized spacial score (nSPS) is 10.9. The van der Waals surface area contributed by atoms with Crippen molar-refractivity contribution in [1.82, 2.24) is 4.98 Å². The Morgan fingerprint density at radius 3 is 2.44 bits per heavy atom. The molecule has 1 N–H and O–H groups in total. The Bertz CT molecular complexity index is 1410. The molecule has 160 valence electrons. The summed E-state index contributed by atoms with van der Waals surface area (Å²) in [5, 5.41) is 15.3. The number of non-ortho nitro benzene ring substituents is 1. The maximum Gasteiger partial charge on any atom is 0.271 e. The number of fused-ring (bicyclic) bond motifs is 1. The van der Waals surface area contributed by atoms with E-state index < -0.39 is 10.8 Å². The van der Waals surface area contributed by atoms with E-state index >= 15 is 0 Å². The third-order valence-electron chi connectivity index (χ3n) is 4.96. The number of hydrogen-bond donors (Lipinski definition) is 1. The van der Waals surface area contributed by atoms with Crippen molar-refractivity contribution >= 4 is 63.0 Å². The van der Waals surface area contributed by atoms with E-state index in [4.69, 9.17) is 39.8 Å². The number of hydrogen-bond acceptors (Lipinski definition) is 4. The molecule has 6 nitrogen and oxygen atoms in total. The summed E-state index contributed by atoms with van der Waals surface area (Å²) in [6, 6.07) is 16.2. The maximum absolute atomic E-state index is 13.4. The highest BCUT2D eigenvalue weighted by molar-refractivity contribution is 6.36. The van der Waals surface area contributed by atoms with Crippen molar-refractivity contribution in [2.45, 2.75) is 6.92 Å². The third kappa shape index (κ3) is 4.12. The van der Waals surface area contributed by atoms with Crippen molar-refractivity contribution < 1.29 is 9.72 Å². The van der Waals surface area contributed by atoms with E-state index in [0.29, 0.717) is 43.3 Å². The van der Waals surface area contributed by atoms with Crippen LogP contribution >= 0.6 is 34.8 Å². The molecule has 4 rings (SSSR count). The lowest BCUT2D eigenvalue weighted by molar-refractivity contribution is -0.384. The highest BCUT2D eigenvalue weighted by Gasteiger charge is 2.21. The number of rotatable bonds is 4. The number of carbonyl (C=O) groups excluding carboxylic acids is 1. The van der Waals surface area contributed by atoms with E-state index in [0.717, 1.165) is 0 Å². The fraction of sp³-hybridized carbons (Fsp3) is 0.0435. The Labute approximate surface area is 197 Å². The van der Waals surface area contributed by atoms with Gasteiger partial charge in [0.25, 0.3) is 11.6 Å². The summed E-state index contributed by atoms with van der Waals surface area (Å²) >= 11 is 18.6. The highest BCUT2D eigenvalue weighted by atomic mass is 35.5. The molecule has 0 spiro atoms. The van der Waals surface area contributed by atoms with E-state index in [1.54, 1.807) is 37.3 Å². The van der Waals surface area contributed by atoms with Gasteiger partial charge in [0.1, 0.15) is 0 Å². The topological polar surface area (TPSA) is 85.1 Å². The molecule has 32 heavy (non-hydrogen) atoms. The quantitative estimate of drug-likeness (QED) is 0.242. The Balaban J connectivity index is 1.85. The van der Waals surface area contributed by atoms with Gasteiger partial charge in [0.2, 0.25) is 0 Å². The number of pyridine rings is 1. The lowest BCUT2D eigenvalue weighted by Gasteiger charge is -2.16. The molecule has 1 amide bonds. The smallest absolute Gasteiger partial charge is 0.271 e. The van der Waals surface area contributed by atoms with Gasteiger partial charge in [-0.1, -0.05) is 53.0 Å². The summed E-state index contributed by atoms with van der Waals surface area (Å²) in [4.78, 5) is 28.5. The van der Waals surface area contributed by atoms with Gasteiger partial charge in [0.15, 0.2) is 0 Å². The van der Waals surface area contributed by atoms with Gasteiger partial charge >= 0.3 is 0 Å². The molecular formula is C23H14Cl3N3O3. The SMILES string of the molecule is Cc1c(-c2ccc(Cl)cc2Cl)nc2ccccc2c1C(=O)Nc1ccc([N+](=O)[O-])cc1Cl. The van der Waals surface area contributed by atoms with E-state index in [1.165, 1.54) is 18.2 Å². The monoisotopic (exact) mass is 485 g/mol. The lowest BCUT2D eigenvalue weighted by atomic mass is 9.97. The molecule has 3 aromatic carbocycles. The largest absolute Gasteiger partial charge is 0.321 e. The fourth-order valence-corrected chi connectivity index (χ4v) is 4.17. The van der Waals surface area contributed by atoms with Gasteiger partial charge in [-0.2, -0.15) is 0 Å². The average Bonchev–Trinajstić information content (AvgIpc) is 2.75. The first-order chi connectivity index (χ1) is 15.3. The molecule has 0 aliphatic rings. The van der Waals surface area contributed by atoms with Crippen LogP contribution in [0.2, 0.25) is 15.1 Å². The van der Waals surface area contributed by atoms with Crippen LogP contribution in [0.1, 0.15) is 15.9 Å². The minimum Gasteiger partial charge on any atom is -0.321 e. The van der Waals surface area contributed by atoms with Crippen LogP contribution in [-0.4, -0.2) is 15.8 Å². The predicted molar refractivity (Wildman–Crippen MR) is 128 cm³/mol. The van der Waals surface area contributed by atoms with Crippen LogP contribution in [0.15, 0.2) is 60.7 Å². The number of nitrogens with one attached hydrogen (secondary N) is 1. The van der Waals surface area contributed by atoms with Crippen molar-refractivity contribution in [2.24, 2.45) is 0 Å².